The Labute approximate surface area is 159 Å². The van der Waals surface area contributed by atoms with Crippen LogP contribution in [0, 0.1) is 0 Å². The van der Waals surface area contributed by atoms with Crippen LogP contribution in [-0.2, 0) is 6.54 Å². The third kappa shape index (κ3) is 5.64. The number of hydrogen-bond acceptors (Lipinski definition) is 4. The van der Waals surface area contributed by atoms with E-state index in [0.29, 0.717) is 36.1 Å². The molecule has 0 bridgehead atoms. The Kier molecular flexibility index (Phi) is 7.49. The number of aliphatic imine (C=N–C) groups is 1. The molecular formula is C20H26N4O3. The third-order valence-electron chi connectivity index (χ3n) is 3.86. The van der Waals surface area contributed by atoms with E-state index in [9.17, 15) is 4.79 Å². The molecule has 0 unspecified atom stereocenters. The van der Waals surface area contributed by atoms with Gasteiger partial charge in [-0.2, -0.15) is 0 Å². The van der Waals surface area contributed by atoms with Crippen molar-refractivity contribution in [3.05, 3.63) is 53.6 Å². The van der Waals surface area contributed by atoms with E-state index in [1.807, 2.05) is 43.3 Å². The van der Waals surface area contributed by atoms with Crippen LogP contribution in [0.1, 0.15) is 22.8 Å². The summed E-state index contributed by atoms with van der Waals surface area (Å²) in [4.78, 5) is 16.2. The number of guanidine groups is 1. The molecular weight excluding hydrogens is 344 g/mol. The van der Waals surface area contributed by atoms with Gasteiger partial charge in [-0.3, -0.25) is 9.79 Å². The molecule has 0 aromatic heterocycles. The van der Waals surface area contributed by atoms with E-state index in [1.54, 1.807) is 27.3 Å². The van der Waals surface area contributed by atoms with Gasteiger partial charge >= 0.3 is 0 Å². The number of carbonyl (C=O) groups is 1. The Morgan fingerprint density at radius 2 is 1.81 bits per heavy atom. The van der Waals surface area contributed by atoms with Crippen LogP contribution in [-0.4, -0.2) is 39.7 Å². The summed E-state index contributed by atoms with van der Waals surface area (Å²) < 4.78 is 10.6. The number of benzene rings is 2. The summed E-state index contributed by atoms with van der Waals surface area (Å²) in [7, 11) is 4.89. The number of methoxy groups -OCH3 is 2. The minimum absolute atomic E-state index is 0.0767. The van der Waals surface area contributed by atoms with Crippen molar-refractivity contribution in [2.75, 3.05) is 33.1 Å². The second kappa shape index (κ2) is 10.1. The molecule has 7 heteroatoms. The zero-order valence-electron chi connectivity index (χ0n) is 16.1. The maximum absolute atomic E-state index is 12.0. The maximum Gasteiger partial charge on any atom is 0.251 e. The Morgan fingerprint density at radius 3 is 2.48 bits per heavy atom. The average molecular weight is 370 g/mol. The van der Waals surface area contributed by atoms with E-state index in [1.165, 1.54) is 0 Å². The zero-order valence-corrected chi connectivity index (χ0v) is 16.1. The van der Waals surface area contributed by atoms with Crippen LogP contribution >= 0.6 is 0 Å². The monoisotopic (exact) mass is 370 g/mol. The molecule has 0 fully saturated rings. The molecule has 0 spiro atoms. The maximum atomic E-state index is 12.0. The average Bonchev–Trinajstić information content (AvgIpc) is 2.71. The Bertz CT molecular complexity index is 806. The second-order valence-electron chi connectivity index (χ2n) is 5.68. The van der Waals surface area contributed by atoms with Crippen molar-refractivity contribution < 1.29 is 14.3 Å². The molecule has 2 rings (SSSR count). The fourth-order valence-electron chi connectivity index (χ4n) is 2.50. The number of rotatable bonds is 7. The molecule has 1 amide bonds. The molecule has 3 N–H and O–H groups in total. The van der Waals surface area contributed by atoms with Crippen molar-refractivity contribution in [3.8, 4) is 11.5 Å². The minimum Gasteiger partial charge on any atom is -0.493 e. The summed E-state index contributed by atoms with van der Waals surface area (Å²) in [5.41, 5.74) is 2.44. The summed E-state index contributed by atoms with van der Waals surface area (Å²) in [6.45, 7) is 3.02. The molecule has 0 aliphatic carbocycles. The lowest BCUT2D eigenvalue weighted by atomic mass is 10.1. The normalized spacial score (nSPS) is 10.9. The van der Waals surface area contributed by atoms with Gasteiger partial charge in [-0.15, -0.1) is 0 Å². The van der Waals surface area contributed by atoms with E-state index in [-0.39, 0.29) is 5.91 Å². The van der Waals surface area contributed by atoms with Crippen LogP contribution in [0.15, 0.2) is 47.5 Å². The van der Waals surface area contributed by atoms with Gasteiger partial charge in [0.2, 0.25) is 0 Å². The predicted molar refractivity (Wildman–Crippen MR) is 108 cm³/mol. The van der Waals surface area contributed by atoms with Crippen LogP contribution in [0.4, 0.5) is 5.69 Å². The molecule has 0 heterocycles. The van der Waals surface area contributed by atoms with Crippen LogP contribution in [0.2, 0.25) is 0 Å². The summed E-state index contributed by atoms with van der Waals surface area (Å²) >= 11 is 0. The van der Waals surface area contributed by atoms with Gasteiger partial charge in [-0.05, 0) is 36.8 Å². The fourth-order valence-corrected chi connectivity index (χ4v) is 2.50. The van der Waals surface area contributed by atoms with Gasteiger partial charge in [0.1, 0.15) is 0 Å². The van der Waals surface area contributed by atoms with Crippen LogP contribution in [0.3, 0.4) is 0 Å². The number of ether oxygens (including phenoxy) is 2. The quantitative estimate of drug-likeness (QED) is 0.515. The number of carbonyl (C=O) groups excluding carboxylic acids is 1. The number of amides is 1. The van der Waals surface area contributed by atoms with Gasteiger partial charge in [-0.1, -0.05) is 12.1 Å². The lowest BCUT2D eigenvalue weighted by Crippen LogP contribution is -2.30. The lowest BCUT2D eigenvalue weighted by Gasteiger charge is -2.14. The summed E-state index contributed by atoms with van der Waals surface area (Å²) in [5, 5.41) is 9.24. The first-order chi connectivity index (χ1) is 13.1. The molecule has 0 saturated carbocycles. The fraction of sp³-hybridized carbons (Fsp3) is 0.300. The van der Waals surface area contributed by atoms with Crippen LogP contribution in [0.25, 0.3) is 0 Å². The number of anilines is 1. The van der Waals surface area contributed by atoms with Gasteiger partial charge in [-0.25, -0.2) is 0 Å². The standard InChI is InChI=1S/C20H26N4O3/c1-5-22-19(25)15-8-6-7-14(11-15)13-23-20(21-2)24-16-9-10-17(26-3)18(12-16)27-4/h6-12H,5,13H2,1-4H3,(H,22,25)(H2,21,23,24). The molecule has 2 aromatic carbocycles. The highest BCUT2D eigenvalue weighted by Crippen LogP contribution is 2.29. The van der Waals surface area contributed by atoms with E-state index in [4.69, 9.17) is 9.47 Å². The molecule has 0 saturated heterocycles. The number of nitrogens with zero attached hydrogens (tertiary/aromatic N) is 1. The molecule has 2 aromatic rings. The van der Waals surface area contributed by atoms with Gasteiger partial charge in [0.05, 0.1) is 14.2 Å². The molecule has 0 atom stereocenters. The largest absolute Gasteiger partial charge is 0.493 e. The van der Waals surface area contributed by atoms with E-state index in [0.717, 1.165) is 11.3 Å². The molecule has 0 radical (unpaired) electrons. The smallest absolute Gasteiger partial charge is 0.251 e. The molecule has 0 aliphatic rings. The lowest BCUT2D eigenvalue weighted by molar-refractivity contribution is 0.0955. The Balaban J connectivity index is 2.02. The zero-order chi connectivity index (χ0) is 19.6. The summed E-state index contributed by atoms with van der Waals surface area (Å²) in [6.07, 6.45) is 0. The number of hydrogen-bond donors (Lipinski definition) is 3. The van der Waals surface area contributed by atoms with Crippen molar-refractivity contribution in [2.24, 2.45) is 4.99 Å². The Morgan fingerprint density at radius 1 is 1.04 bits per heavy atom. The first-order valence-corrected chi connectivity index (χ1v) is 8.68. The SMILES string of the molecule is CCNC(=O)c1cccc(CNC(=NC)Nc2ccc(OC)c(OC)c2)c1. The Hall–Kier alpha value is -3.22. The topological polar surface area (TPSA) is 84.0 Å². The minimum atomic E-state index is -0.0767. The van der Waals surface area contributed by atoms with Crippen molar-refractivity contribution in [2.45, 2.75) is 13.5 Å². The van der Waals surface area contributed by atoms with Gasteiger partial charge in [0.15, 0.2) is 17.5 Å². The first-order valence-electron chi connectivity index (χ1n) is 8.68. The highest BCUT2D eigenvalue weighted by atomic mass is 16.5. The number of nitrogens with one attached hydrogen (secondary N) is 3. The van der Waals surface area contributed by atoms with Gasteiger partial charge in [0.25, 0.3) is 5.91 Å². The summed E-state index contributed by atoms with van der Waals surface area (Å²) in [5.74, 6) is 1.82. The molecule has 144 valence electrons. The molecule has 27 heavy (non-hydrogen) atoms. The highest BCUT2D eigenvalue weighted by molar-refractivity contribution is 5.95. The van der Waals surface area contributed by atoms with Gasteiger partial charge in [0, 0.05) is 37.5 Å². The molecule has 0 aliphatic heterocycles. The van der Waals surface area contributed by atoms with E-state index < -0.39 is 0 Å². The van der Waals surface area contributed by atoms with E-state index in [2.05, 4.69) is 20.9 Å². The summed E-state index contributed by atoms with van der Waals surface area (Å²) in [6, 6.07) is 13.0. The van der Waals surface area contributed by atoms with E-state index >= 15 is 0 Å². The van der Waals surface area contributed by atoms with Crippen LogP contribution < -0.4 is 25.4 Å². The van der Waals surface area contributed by atoms with Crippen molar-refractivity contribution in [3.63, 3.8) is 0 Å². The van der Waals surface area contributed by atoms with Crippen molar-refractivity contribution >= 4 is 17.6 Å². The molecule has 7 nitrogen and oxygen atoms in total. The highest BCUT2D eigenvalue weighted by Gasteiger charge is 2.08. The predicted octanol–water partition coefficient (Wildman–Crippen LogP) is 2.64. The van der Waals surface area contributed by atoms with Crippen LogP contribution in [0.5, 0.6) is 11.5 Å². The van der Waals surface area contributed by atoms with Gasteiger partial charge < -0.3 is 25.4 Å². The second-order valence-corrected chi connectivity index (χ2v) is 5.68. The van der Waals surface area contributed by atoms with Crippen molar-refractivity contribution in [1.82, 2.24) is 10.6 Å². The third-order valence-corrected chi connectivity index (χ3v) is 3.86. The first kappa shape index (κ1) is 20.1. The van der Waals surface area contributed by atoms with Crippen molar-refractivity contribution in [1.29, 1.82) is 0 Å².